The maximum atomic E-state index is 12.5. The number of ether oxygens (including phenoxy) is 1. The molecule has 8 heteroatoms. The Bertz CT molecular complexity index is 954. The van der Waals surface area contributed by atoms with E-state index in [1.165, 1.54) is 25.3 Å². The Hall–Kier alpha value is -3.68. The largest absolute Gasteiger partial charge is 0.496 e. The zero-order valence-corrected chi connectivity index (χ0v) is 14.7. The number of hydrogen-bond donors (Lipinski definition) is 1. The minimum absolute atomic E-state index is 0.124. The van der Waals surface area contributed by atoms with Crippen LogP contribution in [0.2, 0.25) is 0 Å². The second-order valence-electron chi connectivity index (χ2n) is 5.85. The van der Waals surface area contributed by atoms with Crippen molar-refractivity contribution < 1.29 is 14.5 Å². The van der Waals surface area contributed by atoms with Gasteiger partial charge in [0.25, 0.3) is 11.6 Å². The first-order valence-electron chi connectivity index (χ1n) is 8.22. The van der Waals surface area contributed by atoms with E-state index in [1.807, 2.05) is 41.2 Å². The van der Waals surface area contributed by atoms with Gasteiger partial charge in [-0.2, -0.15) is 5.10 Å². The quantitative estimate of drug-likeness (QED) is 0.512. The van der Waals surface area contributed by atoms with Gasteiger partial charge in [-0.05, 0) is 23.3 Å². The molecule has 27 heavy (non-hydrogen) atoms. The molecule has 1 heterocycles. The Labute approximate surface area is 155 Å². The Morgan fingerprint density at radius 1 is 1.22 bits per heavy atom. The summed E-state index contributed by atoms with van der Waals surface area (Å²) in [5.41, 5.74) is 1.93. The molecule has 0 saturated carbocycles. The summed E-state index contributed by atoms with van der Waals surface area (Å²) in [4.78, 5) is 22.9. The van der Waals surface area contributed by atoms with Crippen molar-refractivity contribution in [3.8, 4) is 5.75 Å². The van der Waals surface area contributed by atoms with E-state index < -0.39 is 10.8 Å². The number of benzene rings is 2. The average Bonchev–Trinajstić information content (AvgIpc) is 3.18. The maximum absolute atomic E-state index is 12.5. The third-order valence-electron chi connectivity index (χ3n) is 3.99. The van der Waals surface area contributed by atoms with Crippen LogP contribution in [0.25, 0.3) is 0 Å². The second-order valence-corrected chi connectivity index (χ2v) is 5.85. The van der Waals surface area contributed by atoms with Gasteiger partial charge in [0.05, 0.1) is 24.1 Å². The highest BCUT2D eigenvalue weighted by atomic mass is 16.6. The van der Waals surface area contributed by atoms with Gasteiger partial charge in [0, 0.05) is 31.1 Å². The van der Waals surface area contributed by atoms with E-state index in [0.717, 1.165) is 11.1 Å². The molecular formula is C19H18N4O4. The van der Waals surface area contributed by atoms with Crippen molar-refractivity contribution in [2.75, 3.05) is 7.11 Å². The molecule has 0 bridgehead atoms. The number of aromatic nitrogens is 2. The highest BCUT2D eigenvalue weighted by Gasteiger charge is 2.17. The van der Waals surface area contributed by atoms with Crippen molar-refractivity contribution >= 4 is 11.6 Å². The molecule has 3 aromatic rings. The minimum Gasteiger partial charge on any atom is -0.496 e. The SMILES string of the molecule is COc1ccc([N+](=O)[O-])cc1C(=O)NCc1cccc(Cn2cccn2)c1. The monoisotopic (exact) mass is 366 g/mol. The molecule has 0 spiro atoms. The number of non-ortho nitro benzene ring substituents is 1. The van der Waals surface area contributed by atoms with Gasteiger partial charge in [0.15, 0.2) is 0 Å². The van der Waals surface area contributed by atoms with E-state index in [0.29, 0.717) is 6.54 Å². The molecule has 2 aromatic carbocycles. The fraction of sp³-hybridized carbons (Fsp3) is 0.158. The molecule has 0 fully saturated rings. The van der Waals surface area contributed by atoms with Gasteiger partial charge in [0.2, 0.25) is 0 Å². The molecule has 8 nitrogen and oxygen atoms in total. The van der Waals surface area contributed by atoms with E-state index in [1.54, 1.807) is 6.20 Å². The van der Waals surface area contributed by atoms with Crippen molar-refractivity contribution in [3.05, 3.63) is 87.7 Å². The van der Waals surface area contributed by atoms with Crippen molar-refractivity contribution in [1.82, 2.24) is 15.1 Å². The van der Waals surface area contributed by atoms with Gasteiger partial charge >= 0.3 is 0 Å². The van der Waals surface area contributed by atoms with Crippen molar-refractivity contribution in [2.24, 2.45) is 0 Å². The van der Waals surface area contributed by atoms with E-state index in [4.69, 9.17) is 4.74 Å². The second kappa shape index (κ2) is 8.13. The summed E-state index contributed by atoms with van der Waals surface area (Å²) >= 11 is 0. The zero-order valence-electron chi connectivity index (χ0n) is 14.7. The molecule has 1 amide bonds. The summed E-state index contributed by atoms with van der Waals surface area (Å²) in [5.74, 6) is -0.154. The van der Waals surface area contributed by atoms with Gasteiger partial charge in [-0.15, -0.1) is 0 Å². The van der Waals surface area contributed by atoms with Crippen LogP contribution in [0.4, 0.5) is 5.69 Å². The van der Waals surface area contributed by atoms with Gasteiger partial charge in [0.1, 0.15) is 5.75 Å². The average molecular weight is 366 g/mol. The van der Waals surface area contributed by atoms with Crippen LogP contribution in [0.15, 0.2) is 60.9 Å². The third kappa shape index (κ3) is 4.49. The third-order valence-corrected chi connectivity index (χ3v) is 3.99. The summed E-state index contributed by atoms with van der Waals surface area (Å²) in [6, 6.07) is 13.6. The minimum atomic E-state index is -0.547. The van der Waals surface area contributed by atoms with Gasteiger partial charge < -0.3 is 10.1 Å². The molecule has 3 rings (SSSR count). The lowest BCUT2D eigenvalue weighted by Crippen LogP contribution is -2.23. The molecule has 0 radical (unpaired) electrons. The molecule has 1 N–H and O–H groups in total. The predicted octanol–water partition coefficient (Wildman–Crippen LogP) is 2.78. The maximum Gasteiger partial charge on any atom is 0.270 e. The summed E-state index contributed by atoms with van der Waals surface area (Å²) in [7, 11) is 1.41. The molecule has 1 aromatic heterocycles. The number of rotatable bonds is 7. The number of nitrogens with zero attached hydrogens (tertiary/aromatic N) is 3. The molecule has 138 valence electrons. The van der Waals surface area contributed by atoms with Crippen LogP contribution in [0.5, 0.6) is 5.75 Å². The van der Waals surface area contributed by atoms with Crippen molar-refractivity contribution in [2.45, 2.75) is 13.1 Å². The normalized spacial score (nSPS) is 10.4. The lowest BCUT2D eigenvalue weighted by atomic mass is 10.1. The van der Waals surface area contributed by atoms with Crippen molar-refractivity contribution in [3.63, 3.8) is 0 Å². The van der Waals surface area contributed by atoms with Crippen LogP contribution in [0, 0.1) is 10.1 Å². The number of carbonyl (C=O) groups excluding carboxylic acids is 1. The molecule has 0 saturated heterocycles. The van der Waals surface area contributed by atoms with Gasteiger partial charge in [-0.25, -0.2) is 0 Å². The fourth-order valence-electron chi connectivity index (χ4n) is 2.68. The van der Waals surface area contributed by atoms with E-state index >= 15 is 0 Å². The Balaban J connectivity index is 1.70. The topological polar surface area (TPSA) is 99.3 Å². The first-order chi connectivity index (χ1) is 13.1. The van der Waals surface area contributed by atoms with Crippen LogP contribution >= 0.6 is 0 Å². The number of methoxy groups -OCH3 is 1. The van der Waals surface area contributed by atoms with Crippen LogP contribution < -0.4 is 10.1 Å². The molecule has 0 aliphatic carbocycles. The van der Waals surface area contributed by atoms with Crippen molar-refractivity contribution in [1.29, 1.82) is 0 Å². The van der Waals surface area contributed by atoms with Gasteiger partial charge in [-0.1, -0.05) is 24.3 Å². The van der Waals surface area contributed by atoms with Crippen LogP contribution in [0.3, 0.4) is 0 Å². The number of nitro groups is 1. The molecule has 0 aliphatic rings. The summed E-state index contributed by atoms with van der Waals surface area (Å²) in [6.45, 7) is 0.922. The summed E-state index contributed by atoms with van der Waals surface area (Å²) in [5, 5.41) is 17.9. The highest BCUT2D eigenvalue weighted by Crippen LogP contribution is 2.24. The lowest BCUT2D eigenvalue weighted by Gasteiger charge is -2.10. The molecular weight excluding hydrogens is 348 g/mol. The molecule has 0 atom stereocenters. The zero-order chi connectivity index (χ0) is 19.2. The lowest BCUT2D eigenvalue weighted by molar-refractivity contribution is -0.384. The summed E-state index contributed by atoms with van der Waals surface area (Å²) < 4.78 is 6.95. The predicted molar refractivity (Wildman–Crippen MR) is 98.6 cm³/mol. The van der Waals surface area contributed by atoms with E-state index in [2.05, 4.69) is 10.4 Å². The number of hydrogen-bond acceptors (Lipinski definition) is 5. The number of nitro benzene ring substituents is 1. The standard InChI is InChI=1S/C19H18N4O4/c1-27-18-7-6-16(23(25)26)11-17(18)19(24)20-12-14-4-2-5-15(10-14)13-22-9-3-8-21-22/h2-11H,12-13H2,1H3,(H,20,24). The first kappa shape index (κ1) is 18.1. The van der Waals surface area contributed by atoms with Crippen LogP contribution in [-0.4, -0.2) is 27.7 Å². The van der Waals surface area contributed by atoms with E-state index in [9.17, 15) is 14.9 Å². The Kier molecular flexibility index (Phi) is 5.46. The highest BCUT2D eigenvalue weighted by molar-refractivity contribution is 5.97. The Morgan fingerprint density at radius 2 is 2.04 bits per heavy atom. The first-order valence-corrected chi connectivity index (χ1v) is 8.22. The van der Waals surface area contributed by atoms with Gasteiger partial charge in [-0.3, -0.25) is 19.6 Å². The fourth-order valence-corrected chi connectivity index (χ4v) is 2.68. The molecule has 0 aliphatic heterocycles. The van der Waals surface area contributed by atoms with Crippen LogP contribution in [-0.2, 0) is 13.1 Å². The molecule has 0 unspecified atom stereocenters. The number of carbonyl (C=O) groups is 1. The number of amides is 1. The summed E-state index contributed by atoms with van der Waals surface area (Å²) in [6.07, 6.45) is 3.60. The van der Waals surface area contributed by atoms with E-state index in [-0.39, 0.29) is 23.5 Å². The smallest absolute Gasteiger partial charge is 0.270 e. The Morgan fingerprint density at radius 3 is 2.74 bits per heavy atom. The number of nitrogens with one attached hydrogen (secondary N) is 1. The van der Waals surface area contributed by atoms with Crippen LogP contribution in [0.1, 0.15) is 21.5 Å².